The Hall–Kier alpha value is -1.95. The number of rotatable bonds is 6. The number of ether oxygens (including phenoxy) is 2. The summed E-state index contributed by atoms with van der Waals surface area (Å²) in [5.41, 5.74) is 0.708. The van der Waals surface area contributed by atoms with Gasteiger partial charge < -0.3 is 14.4 Å². The molecule has 0 unspecified atom stereocenters. The van der Waals surface area contributed by atoms with Crippen LogP contribution >= 0.6 is 0 Å². The second-order valence-corrected chi connectivity index (χ2v) is 5.22. The monoisotopic (exact) mass is 306 g/mol. The van der Waals surface area contributed by atoms with E-state index in [1.54, 1.807) is 24.0 Å². The molecule has 6 heteroatoms. The van der Waals surface area contributed by atoms with Crippen molar-refractivity contribution >= 4 is 11.9 Å². The average molecular weight is 306 g/mol. The molecule has 120 valence electrons. The van der Waals surface area contributed by atoms with Crippen LogP contribution < -0.4 is 0 Å². The predicted molar refractivity (Wildman–Crippen MR) is 80.7 cm³/mol. The summed E-state index contributed by atoms with van der Waals surface area (Å²) in [7, 11) is 0. The van der Waals surface area contributed by atoms with Crippen molar-refractivity contribution in [2.45, 2.75) is 20.3 Å². The van der Waals surface area contributed by atoms with Crippen molar-refractivity contribution in [2.75, 3.05) is 32.9 Å². The van der Waals surface area contributed by atoms with Crippen molar-refractivity contribution in [1.29, 1.82) is 0 Å². The number of hydrogen-bond donors (Lipinski definition) is 0. The van der Waals surface area contributed by atoms with Crippen LogP contribution in [0.25, 0.3) is 0 Å². The van der Waals surface area contributed by atoms with E-state index >= 15 is 0 Å². The smallest absolute Gasteiger partial charge is 0.339 e. The molecule has 0 N–H and O–H groups in total. The van der Waals surface area contributed by atoms with E-state index in [2.05, 4.69) is 4.98 Å². The van der Waals surface area contributed by atoms with Crippen LogP contribution in [0.3, 0.4) is 0 Å². The van der Waals surface area contributed by atoms with Gasteiger partial charge in [-0.1, -0.05) is 0 Å². The van der Waals surface area contributed by atoms with E-state index in [1.807, 2.05) is 6.92 Å². The standard InChI is InChI=1S/C16H22N2O4/c1-3-21-11-12-7-8-18(10-12)15(19)14-6-5-13(9-17-14)16(20)22-4-2/h5-6,9,12H,3-4,7-8,10-11H2,1-2H3/t12-/m0/s1. The molecule has 1 aliphatic heterocycles. The summed E-state index contributed by atoms with van der Waals surface area (Å²) in [6, 6.07) is 3.15. The third-order valence-corrected chi connectivity index (χ3v) is 3.62. The first kappa shape index (κ1) is 16.4. The quantitative estimate of drug-likeness (QED) is 0.749. The Morgan fingerprint density at radius 3 is 2.77 bits per heavy atom. The molecule has 1 fully saturated rings. The maximum Gasteiger partial charge on any atom is 0.339 e. The van der Waals surface area contributed by atoms with Gasteiger partial charge in [0.1, 0.15) is 5.69 Å². The Kier molecular flexibility index (Phi) is 5.89. The first-order chi connectivity index (χ1) is 10.7. The van der Waals surface area contributed by atoms with Crippen LogP contribution in [0, 0.1) is 5.92 Å². The molecule has 0 spiro atoms. The van der Waals surface area contributed by atoms with E-state index < -0.39 is 5.97 Å². The minimum atomic E-state index is -0.424. The molecular weight excluding hydrogens is 284 g/mol. The lowest BCUT2D eigenvalue weighted by Crippen LogP contribution is -2.30. The fourth-order valence-electron chi connectivity index (χ4n) is 2.46. The number of aromatic nitrogens is 1. The lowest BCUT2D eigenvalue weighted by Gasteiger charge is -2.16. The highest BCUT2D eigenvalue weighted by Gasteiger charge is 2.27. The number of carbonyl (C=O) groups is 2. The van der Waals surface area contributed by atoms with Gasteiger partial charge in [0.2, 0.25) is 0 Å². The molecule has 1 aliphatic rings. The van der Waals surface area contributed by atoms with Crippen LogP contribution in [0.1, 0.15) is 41.1 Å². The van der Waals surface area contributed by atoms with Gasteiger partial charge in [0.25, 0.3) is 5.91 Å². The van der Waals surface area contributed by atoms with Crippen LogP contribution in [-0.4, -0.2) is 54.7 Å². The van der Waals surface area contributed by atoms with Crippen molar-refractivity contribution in [3.05, 3.63) is 29.6 Å². The molecule has 0 aliphatic carbocycles. The summed E-state index contributed by atoms with van der Waals surface area (Å²) in [4.78, 5) is 29.8. The summed E-state index contributed by atoms with van der Waals surface area (Å²) in [6.45, 7) is 6.82. The van der Waals surface area contributed by atoms with Crippen LogP contribution in [0.15, 0.2) is 18.3 Å². The van der Waals surface area contributed by atoms with Gasteiger partial charge in [-0.2, -0.15) is 0 Å². The molecule has 6 nitrogen and oxygen atoms in total. The first-order valence-electron chi connectivity index (χ1n) is 7.65. The van der Waals surface area contributed by atoms with E-state index in [1.165, 1.54) is 6.20 Å². The zero-order valence-electron chi connectivity index (χ0n) is 13.1. The highest BCUT2D eigenvalue weighted by Crippen LogP contribution is 2.18. The van der Waals surface area contributed by atoms with Crippen LogP contribution in [0.2, 0.25) is 0 Å². The molecular formula is C16H22N2O4. The second-order valence-electron chi connectivity index (χ2n) is 5.22. The molecule has 0 aromatic carbocycles. The second kappa shape index (κ2) is 7.89. The fourth-order valence-corrected chi connectivity index (χ4v) is 2.46. The molecule has 2 rings (SSSR count). The Bertz CT molecular complexity index is 515. The SMILES string of the molecule is CCOC[C@H]1CCN(C(=O)c2ccc(C(=O)OCC)cn2)C1. The third-order valence-electron chi connectivity index (χ3n) is 3.62. The summed E-state index contributed by atoms with van der Waals surface area (Å²) < 4.78 is 10.3. The molecule has 0 radical (unpaired) electrons. The molecule has 1 saturated heterocycles. The Morgan fingerprint density at radius 1 is 1.32 bits per heavy atom. The average Bonchev–Trinajstić information content (AvgIpc) is 3.01. The van der Waals surface area contributed by atoms with E-state index in [-0.39, 0.29) is 5.91 Å². The highest BCUT2D eigenvalue weighted by molar-refractivity contribution is 5.94. The van der Waals surface area contributed by atoms with E-state index in [9.17, 15) is 9.59 Å². The van der Waals surface area contributed by atoms with Crippen LogP contribution in [0.4, 0.5) is 0 Å². The zero-order chi connectivity index (χ0) is 15.9. The molecule has 1 amide bonds. The lowest BCUT2D eigenvalue weighted by atomic mass is 10.1. The Balaban J connectivity index is 1.94. The normalized spacial score (nSPS) is 17.5. The third kappa shape index (κ3) is 4.04. The van der Waals surface area contributed by atoms with Crippen LogP contribution in [-0.2, 0) is 9.47 Å². The number of hydrogen-bond acceptors (Lipinski definition) is 5. The number of esters is 1. The number of carbonyl (C=O) groups excluding carboxylic acids is 2. The number of amides is 1. The maximum absolute atomic E-state index is 12.4. The van der Waals surface area contributed by atoms with Gasteiger partial charge in [-0.25, -0.2) is 4.79 Å². The van der Waals surface area contributed by atoms with Gasteiger partial charge in [-0.15, -0.1) is 0 Å². The van der Waals surface area contributed by atoms with Gasteiger partial charge in [0, 0.05) is 31.8 Å². The van der Waals surface area contributed by atoms with Crippen molar-refractivity contribution < 1.29 is 19.1 Å². The summed E-state index contributed by atoms with van der Waals surface area (Å²) in [6.07, 6.45) is 2.34. The maximum atomic E-state index is 12.4. The Labute approximate surface area is 130 Å². The molecule has 0 bridgehead atoms. The van der Waals surface area contributed by atoms with Gasteiger partial charge in [-0.05, 0) is 32.4 Å². The van der Waals surface area contributed by atoms with Gasteiger partial charge >= 0.3 is 5.97 Å². The minimum Gasteiger partial charge on any atom is -0.462 e. The lowest BCUT2D eigenvalue weighted by molar-refractivity contribution is 0.0525. The van der Waals surface area contributed by atoms with E-state index in [0.717, 1.165) is 13.0 Å². The van der Waals surface area contributed by atoms with Crippen molar-refractivity contribution in [2.24, 2.45) is 5.92 Å². The highest BCUT2D eigenvalue weighted by atomic mass is 16.5. The van der Waals surface area contributed by atoms with Crippen molar-refractivity contribution in [3.8, 4) is 0 Å². The topological polar surface area (TPSA) is 68.7 Å². The van der Waals surface area contributed by atoms with E-state index in [0.29, 0.717) is 43.5 Å². The first-order valence-corrected chi connectivity index (χ1v) is 7.65. The van der Waals surface area contributed by atoms with Gasteiger partial charge in [-0.3, -0.25) is 9.78 Å². The van der Waals surface area contributed by atoms with Gasteiger partial charge in [0.15, 0.2) is 0 Å². The number of pyridine rings is 1. The number of nitrogens with zero attached hydrogens (tertiary/aromatic N) is 2. The molecule has 1 aromatic heterocycles. The van der Waals surface area contributed by atoms with Crippen LogP contribution in [0.5, 0.6) is 0 Å². The zero-order valence-corrected chi connectivity index (χ0v) is 13.1. The predicted octanol–water partition coefficient (Wildman–Crippen LogP) is 1.76. The van der Waals surface area contributed by atoms with Crippen molar-refractivity contribution in [3.63, 3.8) is 0 Å². The minimum absolute atomic E-state index is 0.102. The summed E-state index contributed by atoms with van der Waals surface area (Å²) >= 11 is 0. The molecule has 1 aromatic rings. The fraction of sp³-hybridized carbons (Fsp3) is 0.562. The summed E-state index contributed by atoms with van der Waals surface area (Å²) in [5, 5.41) is 0. The summed E-state index contributed by atoms with van der Waals surface area (Å²) in [5.74, 6) is -0.135. The van der Waals surface area contributed by atoms with E-state index in [4.69, 9.17) is 9.47 Å². The Morgan fingerprint density at radius 2 is 2.14 bits per heavy atom. The van der Waals surface area contributed by atoms with Crippen molar-refractivity contribution in [1.82, 2.24) is 9.88 Å². The number of likely N-dealkylation sites (tertiary alicyclic amines) is 1. The molecule has 1 atom stereocenters. The molecule has 2 heterocycles. The molecule has 22 heavy (non-hydrogen) atoms. The molecule has 0 saturated carbocycles. The largest absolute Gasteiger partial charge is 0.462 e. The van der Waals surface area contributed by atoms with Gasteiger partial charge in [0.05, 0.1) is 18.8 Å².